The van der Waals surface area contributed by atoms with Gasteiger partial charge < -0.3 is 5.32 Å². The Hall–Kier alpha value is -0.480. The van der Waals surface area contributed by atoms with Gasteiger partial charge in [-0.15, -0.1) is 0 Å². The van der Waals surface area contributed by atoms with Crippen molar-refractivity contribution in [3.63, 3.8) is 0 Å². The van der Waals surface area contributed by atoms with Crippen LogP contribution in [0.4, 0.5) is 0 Å². The molecule has 0 saturated heterocycles. The summed E-state index contributed by atoms with van der Waals surface area (Å²) in [5, 5.41) is 2.86. The van der Waals surface area contributed by atoms with E-state index in [-0.39, 0.29) is 17.1 Å². The Kier molecular flexibility index (Phi) is 4.87. The molecule has 0 aliphatic rings. The third-order valence-corrected chi connectivity index (χ3v) is 3.26. The highest BCUT2D eigenvalue weighted by Crippen LogP contribution is 2.24. The van der Waals surface area contributed by atoms with Crippen LogP contribution in [0.25, 0.3) is 0 Å². The van der Waals surface area contributed by atoms with Crippen molar-refractivity contribution in [3.8, 4) is 0 Å². The van der Waals surface area contributed by atoms with Crippen molar-refractivity contribution in [2.24, 2.45) is 0 Å². The zero-order valence-corrected chi connectivity index (χ0v) is 11.9. The highest BCUT2D eigenvalue weighted by molar-refractivity contribution is 9.10. The lowest BCUT2D eigenvalue weighted by Crippen LogP contribution is -2.37. The number of benzene rings is 1. The Labute approximate surface area is 110 Å². The molecule has 4 heteroatoms. The number of thiol groups is 1. The Morgan fingerprint density at radius 2 is 2.19 bits per heavy atom. The van der Waals surface area contributed by atoms with E-state index < -0.39 is 0 Å². The Balaban J connectivity index is 2.73. The lowest BCUT2D eigenvalue weighted by atomic mass is 9.84. The highest BCUT2D eigenvalue weighted by Gasteiger charge is 2.21. The summed E-state index contributed by atoms with van der Waals surface area (Å²) in [4.78, 5) is 11.2. The average molecular weight is 302 g/mol. The largest absolute Gasteiger partial charge is 0.355 e. The number of amides is 1. The summed E-state index contributed by atoms with van der Waals surface area (Å²) in [5.41, 5.74) is 1.11. The standard InChI is InChI=1S/C12H16BrNOS/c1-12(2,8-14-11(15)7-16)9-4-3-5-10(13)6-9/h3-6,16H,7-8H2,1-2H3,(H,14,15). The van der Waals surface area contributed by atoms with Crippen LogP contribution in [0.3, 0.4) is 0 Å². The fourth-order valence-corrected chi connectivity index (χ4v) is 1.90. The van der Waals surface area contributed by atoms with Crippen LogP contribution in [0, 0.1) is 0 Å². The van der Waals surface area contributed by atoms with Gasteiger partial charge >= 0.3 is 0 Å². The number of carbonyl (C=O) groups is 1. The van der Waals surface area contributed by atoms with E-state index in [2.05, 4.69) is 59.9 Å². The van der Waals surface area contributed by atoms with E-state index in [1.807, 2.05) is 12.1 Å². The maximum Gasteiger partial charge on any atom is 0.229 e. The summed E-state index contributed by atoms with van der Waals surface area (Å²) in [5.74, 6) is 0.195. The third kappa shape index (κ3) is 3.83. The summed E-state index contributed by atoms with van der Waals surface area (Å²) in [6, 6.07) is 8.14. The maximum absolute atomic E-state index is 11.2. The predicted molar refractivity (Wildman–Crippen MR) is 74.0 cm³/mol. The molecule has 0 saturated carbocycles. The van der Waals surface area contributed by atoms with E-state index in [0.717, 1.165) is 4.47 Å². The fourth-order valence-electron chi connectivity index (χ4n) is 1.39. The second-order valence-electron chi connectivity index (χ2n) is 4.33. The molecule has 1 aromatic rings. The van der Waals surface area contributed by atoms with Crippen molar-refractivity contribution in [2.75, 3.05) is 12.3 Å². The van der Waals surface area contributed by atoms with Crippen molar-refractivity contribution in [2.45, 2.75) is 19.3 Å². The van der Waals surface area contributed by atoms with Gasteiger partial charge in [0.2, 0.25) is 5.91 Å². The molecule has 1 aromatic carbocycles. The van der Waals surface area contributed by atoms with Gasteiger partial charge in [-0.3, -0.25) is 4.79 Å². The summed E-state index contributed by atoms with van der Waals surface area (Å²) < 4.78 is 1.05. The predicted octanol–water partition coefficient (Wildman–Crippen LogP) is 2.77. The van der Waals surface area contributed by atoms with Crippen molar-refractivity contribution in [1.82, 2.24) is 5.32 Å². The molecule has 0 bridgehead atoms. The molecule has 1 amide bonds. The first-order chi connectivity index (χ1) is 7.45. The van der Waals surface area contributed by atoms with Crippen molar-refractivity contribution in [1.29, 1.82) is 0 Å². The Bertz CT molecular complexity index is 379. The Morgan fingerprint density at radius 1 is 1.50 bits per heavy atom. The molecule has 88 valence electrons. The lowest BCUT2D eigenvalue weighted by molar-refractivity contribution is -0.118. The molecule has 0 aliphatic carbocycles. The Morgan fingerprint density at radius 3 is 2.75 bits per heavy atom. The van der Waals surface area contributed by atoms with Crippen LogP contribution in [-0.4, -0.2) is 18.2 Å². The minimum atomic E-state index is -0.0810. The smallest absolute Gasteiger partial charge is 0.229 e. The third-order valence-electron chi connectivity index (χ3n) is 2.48. The average Bonchev–Trinajstić information content (AvgIpc) is 2.26. The molecule has 0 aliphatic heterocycles. The minimum absolute atomic E-state index is 0.0357. The van der Waals surface area contributed by atoms with Crippen LogP contribution in [0.15, 0.2) is 28.7 Å². The molecule has 0 radical (unpaired) electrons. The summed E-state index contributed by atoms with van der Waals surface area (Å²) in [6.07, 6.45) is 0. The van der Waals surface area contributed by atoms with Gasteiger partial charge in [-0.05, 0) is 17.7 Å². The van der Waals surface area contributed by atoms with E-state index in [1.165, 1.54) is 5.56 Å². The van der Waals surface area contributed by atoms with Gasteiger partial charge in [0.05, 0.1) is 5.75 Å². The highest BCUT2D eigenvalue weighted by atomic mass is 79.9. The second-order valence-corrected chi connectivity index (χ2v) is 5.56. The number of halogens is 1. The van der Waals surface area contributed by atoms with Crippen LogP contribution in [0.5, 0.6) is 0 Å². The number of rotatable bonds is 4. The van der Waals surface area contributed by atoms with Crippen molar-refractivity contribution < 1.29 is 4.79 Å². The van der Waals surface area contributed by atoms with Crippen LogP contribution in [-0.2, 0) is 10.2 Å². The van der Waals surface area contributed by atoms with Gasteiger partial charge in [0.15, 0.2) is 0 Å². The quantitative estimate of drug-likeness (QED) is 0.823. The number of nitrogens with one attached hydrogen (secondary N) is 1. The number of hydrogen-bond acceptors (Lipinski definition) is 2. The molecule has 1 N–H and O–H groups in total. The van der Waals surface area contributed by atoms with Gasteiger partial charge in [0.25, 0.3) is 0 Å². The molecule has 0 unspecified atom stereocenters. The molecule has 0 aromatic heterocycles. The fraction of sp³-hybridized carbons (Fsp3) is 0.417. The van der Waals surface area contributed by atoms with E-state index in [9.17, 15) is 4.79 Å². The van der Waals surface area contributed by atoms with E-state index in [0.29, 0.717) is 6.54 Å². The van der Waals surface area contributed by atoms with Crippen molar-refractivity contribution in [3.05, 3.63) is 34.3 Å². The number of carbonyl (C=O) groups excluding carboxylic acids is 1. The van der Waals surface area contributed by atoms with Gasteiger partial charge in [-0.25, -0.2) is 0 Å². The summed E-state index contributed by atoms with van der Waals surface area (Å²) in [6.45, 7) is 4.82. The zero-order chi connectivity index (χ0) is 12.2. The van der Waals surface area contributed by atoms with Crippen LogP contribution >= 0.6 is 28.6 Å². The molecular weight excluding hydrogens is 286 g/mol. The van der Waals surface area contributed by atoms with E-state index in [1.54, 1.807) is 0 Å². The molecule has 2 nitrogen and oxygen atoms in total. The first-order valence-corrected chi connectivity index (χ1v) is 6.52. The topological polar surface area (TPSA) is 29.1 Å². The van der Waals surface area contributed by atoms with Crippen molar-refractivity contribution >= 4 is 34.5 Å². The second kappa shape index (κ2) is 5.73. The first-order valence-electron chi connectivity index (χ1n) is 5.09. The van der Waals surface area contributed by atoms with Gasteiger partial charge in [0, 0.05) is 16.4 Å². The normalized spacial score (nSPS) is 11.2. The maximum atomic E-state index is 11.2. The SMILES string of the molecule is CC(C)(CNC(=O)CS)c1cccc(Br)c1. The van der Waals surface area contributed by atoms with Gasteiger partial charge in [-0.1, -0.05) is 41.9 Å². The van der Waals surface area contributed by atoms with Gasteiger partial charge in [0.1, 0.15) is 0 Å². The monoisotopic (exact) mass is 301 g/mol. The summed E-state index contributed by atoms with van der Waals surface area (Å²) >= 11 is 7.38. The zero-order valence-electron chi connectivity index (χ0n) is 9.46. The lowest BCUT2D eigenvalue weighted by Gasteiger charge is -2.25. The molecule has 0 spiro atoms. The number of hydrogen-bond donors (Lipinski definition) is 2. The van der Waals surface area contributed by atoms with E-state index in [4.69, 9.17) is 0 Å². The molecule has 0 heterocycles. The molecule has 16 heavy (non-hydrogen) atoms. The molecule has 1 rings (SSSR count). The minimum Gasteiger partial charge on any atom is -0.355 e. The molecule has 0 fully saturated rings. The summed E-state index contributed by atoms with van der Waals surface area (Å²) in [7, 11) is 0. The van der Waals surface area contributed by atoms with Gasteiger partial charge in [-0.2, -0.15) is 12.6 Å². The van der Waals surface area contributed by atoms with E-state index >= 15 is 0 Å². The van der Waals surface area contributed by atoms with Crippen LogP contribution in [0.1, 0.15) is 19.4 Å². The molecule has 0 atom stereocenters. The van der Waals surface area contributed by atoms with Crippen LogP contribution in [0.2, 0.25) is 0 Å². The first kappa shape index (κ1) is 13.6. The molecular formula is C12H16BrNOS. The van der Waals surface area contributed by atoms with Crippen LogP contribution < -0.4 is 5.32 Å².